The van der Waals surface area contributed by atoms with E-state index in [1.807, 2.05) is 11.8 Å². The first kappa shape index (κ1) is 16.7. The predicted octanol–water partition coefficient (Wildman–Crippen LogP) is 1.98. The molecule has 4 nitrogen and oxygen atoms in total. The van der Waals surface area contributed by atoms with Crippen molar-refractivity contribution in [2.75, 3.05) is 18.8 Å². The lowest BCUT2D eigenvalue weighted by molar-refractivity contribution is 0.415. The molecule has 1 saturated heterocycles. The van der Waals surface area contributed by atoms with Gasteiger partial charge >= 0.3 is 0 Å². The van der Waals surface area contributed by atoms with Gasteiger partial charge in [0.2, 0.25) is 10.0 Å². The van der Waals surface area contributed by atoms with Crippen LogP contribution in [0.4, 0.5) is 0 Å². The molecule has 0 radical (unpaired) electrons. The van der Waals surface area contributed by atoms with Gasteiger partial charge in [0.05, 0.1) is 5.75 Å². The van der Waals surface area contributed by atoms with E-state index in [2.05, 4.69) is 6.92 Å². The van der Waals surface area contributed by atoms with Crippen molar-refractivity contribution in [3.8, 4) is 0 Å². The molecule has 2 rings (SSSR count). The number of benzene rings is 1. The molecule has 0 spiro atoms. The lowest BCUT2D eigenvalue weighted by Gasteiger charge is -2.31. The van der Waals surface area contributed by atoms with E-state index in [0.717, 1.165) is 23.3 Å². The zero-order valence-electron chi connectivity index (χ0n) is 12.0. The van der Waals surface area contributed by atoms with Crippen molar-refractivity contribution in [2.45, 2.75) is 24.3 Å². The van der Waals surface area contributed by atoms with E-state index in [1.165, 1.54) is 0 Å². The highest BCUT2D eigenvalue weighted by atomic mass is 32.2. The fraction of sp³-hybridized carbons (Fsp3) is 0.500. The van der Waals surface area contributed by atoms with Crippen LogP contribution in [0.25, 0.3) is 0 Å². The van der Waals surface area contributed by atoms with Gasteiger partial charge in [-0.05, 0) is 12.0 Å². The highest BCUT2D eigenvalue weighted by Crippen LogP contribution is 2.24. The Labute approximate surface area is 136 Å². The molecule has 7 heteroatoms. The molecule has 1 aliphatic rings. The van der Waals surface area contributed by atoms with Crippen LogP contribution in [0.1, 0.15) is 24.5 Å². The smallest absolute Gasteiger partial charge is 0.218 e. The molecular formula is C14H20N2O2S3. The van der Waals surface area contributed by atoms with Gasteiger partial charge in [0.25, 0.3) is 0 Å². The van der Waals surface area contributed by atoms with E-state index >= 15 is 0 Å². The molecule has 0 aromatic heterocycles. The standard InChI is InChI=1S/C14H20N2O2S3/c1-2-13-9-16(7-8-20-13)21(17,18)10-11-3-5-12(6-4-11)14(15)19/h3-6,13H,2,7-10H2,1H3,(H2,15,19). The number of hydrogen-bond donors (Lipinski definition) is 1. The highest BCUT2D eigenvalue weighted by Gasteiger charge is 2.28. The van der Waals surface area contributed by atoms with Crippen LogP contribution >= 0.6 is 24.0 Å². The highest BCUT2D eigenvalue weighted by molar-refractivity contribution is 8.00. The normalized spacial score (nSPS) is 20.3. The quantitative estimate of drug-likeness (QED) is 0.828. The molecule has 2 N–H and O–H groups in total. The Kier molecular flexibility index (Phi) is 5.65. The van der Waals surface area contributed by atoms with Gasteiger partial charge in [-0.2, -0.15) is 16.1 Å². The van der Waals surface area contributed by atoms with Gasteiger partial charge in [0, 0.05) is 29.7 Å². The molecule has 1 heterocycles. The zero-order chi connectivity index (χ0) is 15.5. The molecule has 0 aliphatic carbocycles. The van der Waals surface area contributed by atoms with E-state index in [-0.39, 0.29) is 5.75 Å². The number of nitrogens with zero attached hydrogens (tertiary/aromatic N) is 1. The fourth-order valence-electron chi connectivity index (χ4n) is 2.26. The van der Waals surface area contributed by atoms with Gasteiger partial charge in [-0.3, -0.25) is 0 Å². The average molecular weight is 345 g/mol. The maximum absolute atomic E-state index is 12.5. The third-order valence-electron chi connectivity index (χ3n) is 3.54. The molecule has 1 aromatic rings. The monoisotopic (exact) mass is 344 g/mol. The van der Waals surface area contributed by atoms with E-state index in [4.69, 9.17) is 18.0 Å². The summed E-state index contributed by atoms with van der Waals surface area (Å²) in [7, 11) is -3.26. The third kappa shape index (κ3) is 4.42. The van der Waals surface area contributed by atoms with Crippen molar-refractivity contribution in [3.05, 3.63) is 35.4 Å². The van der Waals surface area contributed by atoms with Crippen LogP contribution < -0.4 is 5.73 Å². The lowest BCUT2D eigenvalue weighted by atomic mass is 10.1. The Morgan fingerprint density at radius 3 is 2.67 bits per heavy atom. The van der Waals surface area contributed by atoms with E-state index < -0.39 is 10.0 Å². The fourth-order valence-corrected chi connectivity index (χ4v) is 5.36. The van der Waals surface area contributed by atoms with Crippen LogP contribution in [0, 0.1) is 0 Å². The summed E-state index contributed by atoms with van der Waals surface area (Å²) >= 11 is 6.75. The van der Waals surface area contributed by atoms with Gasteiger partial charge in [-0.1, -0.05) is 43.4 Å². The largest absolute Gasteiger partial charge is 0.389 e. The molecular weight excluding hydrogens is 324 g/mol. The van der Waals surface area contributed by atoms with E-state index in [0.29, 0.717) is 23.3 Å². The minimum Gasteiger partial charge on any atom is -0.389 e. The summed E-state index contributed by atoms with van der Waals surface area (Å²) < 4.78 is 26.6. The first-order chi connectivity index (χ1) is 9.92. The van der Waals surface area contributed by atoms with Gasteiger partial charge in [-0.15, -0.1) is 0 Å². The van der Waals surface area contributed by atoms with Crippen molar-refractivity contribution in [1.82, 2.24) is 4.31 Å². The summed E-state index contributed by atoms with van der Waals surface area (Å²) in [6, 6.07) is 7.10. The molecule has 1 aromatic carbocycles. The lowest BCUT2D eigenvalue weighted by Crippen LogP contribution is -2.42. The summed E-state index contributed by atoms with van der Waals surface area (Å²) in [5, 5.41) is 0.408. The van der Waals surface area contributed by atoms with Crippen LogP contribution in [0.5, 0.6) is 0 Å². The number of sulfonamides is 1. The molecule has 0 saturated carbocycles. The van der Waals surface area contributed by atoms with Gasteiger partial charge in [0.1, 0.15) is 4.99 Å². The molecule has 1 unspecified atom stereocenters. The Balaban J connectivity index is 2.08. The second-order valence-corrected chi connectivity index (χ2v) is 8.89. The van der Waals surface area contributed by atoms with E-state index in [9.17, 15) is 8.42 Å². The number of rotatable bonds is 5. The summed E-state index contributed by atoms with van der Waals surface area (Å²) in [6.07, 6.45) is 0.999. The first-order valence-corrected chi connectivity index (χ1v) is 9.97. The van der Waals surface area contributed by atoms with Gasteiger partial charge in [-0.25, -0.2) is 8.42 Å². The van der Waals surface area contributed by atoms with Crippen molar-refractivity contribution < 1.29 is 8.42 Å². The maximum Gasteiger partial charge on any atom is 0.218 e. The minimum absolute atomic E-state index is 0.0334. The SMILES string of the molecule is CCC1CN(S(=O)(=O)Cc2ccc(C(N)=S)cc2)CCS1. The Morgan fingerprint density at radius 1 is 1.43 bits per heavy atom. The van der Waals surface area contributed by atoms with Crippen molar-refractivity contribution in [3.63, 3.8) is 0 Å². The van der Waals surface area contributed by atoms with Crippen molar-refractivity contribution in [1.29, 1.82) is 0 Å². The number of thioether (sulfide) groups is 1. The second-order valence-electron chi connectivity index (χ2n) is 5.08. The number of nitrogens with two attached hydrogens (primary N) is 1. The molecule has 0 bridgehead atoms. The van der Waals surface area contributed by atoms with Crippen LogP contribution in [0.15, 0.2) is 24.3 Å². The zero-order valence-corrected chi connectivity index (χ0v) is 14.4. The number of hydrogen-bond acceptors (Lipinski definition) is 4. The summed E-state index contributed by atoms with van der Waals surface area (Å²) in [4.78, 5) is 0.322. The maximum atomic E-state index is 12.5. The topological polar surface area (TPSA) is 63.4 Å². The van der Waals surface area contributed by atoms with E-state index in [1.54, 1.807) is 28.6 Å². The van der Waals surface area contributed by atoms with Crippen LogP contribution in [0.2, 0.25) is 0 Å². The minimum atomic E-state index is -3.26. The Morgan fingerprint density at radius 2 is 2.10 bits per heavy atom. The Hall–Kier alpha value is -0.630. The van der Waals surface area contributed by atoms with Crippen molar-refractivity contribution in [2.24, 2.45) is 5.73 Å². The van der Waals surface area contributed by atoms with Crippen LogP contribution in [0.3, 0.4) is 0 Å². The predicted molar refractivity (Wildman–Crippen MR) is 93.1 cm³/mol. The van der Waals surface area contributed by atoms with Gasteiger partial charge < -0.3 is 5.73 Å². The second kappa shape index (κ2) is 7.09. The molecule has 116 valence electrons. The summed E-state index contributed by atoms with van der Waals surface area (Å²) in [5.41, 5.74) is 7.06. The van der Waals surface area contributed by atoms with Gasteiger partial charge in [0.15, 0.2) is 0 Å². The molecule has 1 fully saturated rings. The molecule has 1 atom stereocenters. The summed E-state index contributed by atoms with van der Waals surface area (Å²) in [5.74, 6) is 0.907. The van der Waals surface area contributed by atoms with Crippen LogP contribution in [-0.2, 0) is 15.8 Å². The number of thiocarbonyl (C=S) groups is 1. The molecule has 1 aliphatic heterocycles. The third-order valence-corrected chi connectivity index (χ3v) is 6.96. The summed E-state index contributed by atoms with van der Waals surface area (Å²) in [6.45, 7) is 3.32. The molecule has 21 heavy (non-hydrogen) atoms. The Bertz CT molecular complexity index is 599. The first-order valence-electron chi connectivity index (χ1n) is 6.90. The average Bonchev–Trinajstić information content (AvgIpc) is 2.47. The van der Waals surface area contributed by atoms with Crippen molar-refractivity contribution >= 4 is 39.0 Å². The van der Waals surface area contributed by atoms with Crippen LogP contribution in [-0.4, -0.2) is 41.8 Å². The molecule has 0 amide bonds.